The quantitative estimate of drug-likeness (QED) is 0.242. The van der Waals surface area contributed by atoms with Crippen LogP contribution in [-0.4, -0.2) is 50.7 Å². The van der Waals surface area contributed by atoms with Crippen LogP contribution in [0.2, 0.25) is 19.6 Å². The zero-order valence-corrected chi connectivity index (χ0v) is 21.1. The zero-order chi connectivity index (χ0) is 23.4. The number of allylic oxidation sites excluding steroid dienone is 1. The second kappa shape index (κ2) is 14.2. The Kier molecular flexibility index (Phi) is 12.8. The van der Waals surface area contributed by atoms with E-state index in [0.717, 1.165) is 38.5 Å². The zero-order valence-electron chi connectivity index (χ0n) is 20.1. The molecule has 0 aromatic rings. The van der Waals surface area contributed by atoms with Crippen molar-refractivity contribution in [3.63, 3.8) is 0 Å². The summed E-state index contributed by atoms with van der Waals surface area (Å²) in [6.07, 6.45) is 10.3. The number of carbonyl (C=O) groups is 2. The molecule has 31 heavy (non-hydrogen) atoms. The van der Waals surface area contributed by atoms with Crippen LogP contribution < -0.4 is 0 Å². The van der Waals surface area contributed by atoms with Crippen molar-refractivity contribution in [1.82, 2.24) is 0 Å². The van der Waals surface area contributed by atoms with E-state index < -0.39 is 14.5 Å². The van der Waals surface area contributed by atoms with Crippen LogP contribution >= 0.6 is 0 Å². The Morgan fingerprint density at radius 3 is 2.39 bits per heavy atom. The fourth-order valence-electron chi connectivity index (χ4n) is 4.21. The number of unbranched alkanes of at least 4 members (excludes halogenated alkanes) is 2. The number of esters is 1. The maximum absolute atomic E-state index is 13.0. The molecule has 2 rings (SSSR count). The Morgan fingerprint density at radius 2 is 1.90 bits per heavy atom. The summed E-state index contributed by atoms with van der Waals surface area (Å²) < 4.78 is 23.3. The first-order valence-corrected chi connectivity index (χ1v) is 15.2. The molecule has 5 nitrogen and oxygen atoms in total. The summed E-state index contributed by atoms with van der Waals surface area (Å²) in [5.41, 5.74) is 0. The highest BCUT2D eigenvalue weighted by Crippen LogP contribution is 2.40. The van der Waals surface area contributed by atoms with Crippen molar-refractivity contribution in [3.05, 3.63) is 12.2 Å². The van der Waals surface area contributed by atoms with Gasteiger partial charge in [-0.15, -0.1) is 0 Å². The molecule has 0 amide bonds. The molecular weight excluding hydrogens is 415 g/mol. The van der Waals surface area contributed by atoms with Gasteiger partial charge in [0.2, 0.25) is 0 Å². The van der Waals surface area contributed by atoms with Crippen molar-refractivity contribution in [2.75, 3.05) is 7.11 Å². The standard InChI is InChI=1S/C16H29FO3.C8H14O2Si/c1-3-7-14(12-10-13(17)11-12)15(18)8-5-4-6-9-16(19)20-2;1-11(2,3)10-8-5-4-7(9)6-8/h12-15,18H,3-11H2,1-2H3;4-5,8H,6H2,1-3H3. The third kappa shape index (κ3) is 11.9. The van der Waals surface area contributed by atoms with Crippen molar-refractivity contribution in [2.45, 2.75) is 109 Å². The van der Waals surface area contributed by atoms with Gasteiger partial charge in [-0.25, -0.2) is 4.39 Å². The minimum Gasteiger partial charge on any atom is -0.469 e. The second-order valence-electron chi connectivity index (χ2n) is 9.82. The Morgan fingerprint density at radius 1 is 1.23 bits per heavy atom. The van der Waals surface area contributed by atoms with Crippen molar-refractivity contribution in [3.8, 4) is 0 Å². The molecule has 0 spiro atoms. The summed E-state index contributed by atoms with van der Waals surface area (Å²) in [5.74, 6) is 0.647. The molecule has 0 aliphatic heterocycles. The highest BCUT2D eigenvalue weighted by Gasteiger charge is 2.37. The van der Waals surface area contributed by atoms with Crippen LogP contribution in [0.15, 0.2) is 12.2 Å². The number of rotatable bonds is 12. The molecule has 1 saturated carbocycles. The average molecular weight is 459 g/mol. The largest absolute Gasteiger partial charge is 0.469 e. The normalized spacial score (nSPS) is 24.7. The van der Waals surface area contributed by atoms with Gasteiger partial charge in [0.1, 0.15) is 6.17 Å². The number of alkyl halides is 1. The minimum atomic E-state index is -1.46. The third-order valence-corrected chi connectivity index (χ3v) is 6.86. The summed E-state index contributed by atoms with van der Waals surface area (Å²) in [4.78, 5) is 21.7. The maximum Gasteiger partial charge on any atom is 0.305 e. The number of hydrogen-bond acceptors (Lipinski definition) is 5. The van der Waals surface area contributed by atoms with Gasteiger partial charge in [0.25, 0.3) is 0 Å². The number of aliphatic hydroxyl groups is 1. The molecule has 3 unspecified atom stereocenters. The van der Waals surface area contributed by atoms with Crippen LogP contribution in [0.1, 0.15) is 71.1 Å². The SMILES string of the molecule is CCCC(C(O)CCCCCC(=O)OC)C1CC(F)C1.C[Si](C)(C)OC1C=CC(=O)C1. The highest BCUT2D eigenvalue weighted by molar-refractivity contribution is 6.69. The Labute approximate surface area is 188 Å². The lowest BCUT2D eigenvalue weighted by molar-refractivity contribution is -0.140. The molecule has 0 aromatic carbocycles. The van der Waals surface area contributed by atoms with Crippen LogP contribution in [0, 0.1) is 11.8 Å². The first kappa shape index (κ1) is 28.0. The molecule has 1 N–H and O–H groups in total. The summed E-state index contributed by atoms with van der Waals surface area (Å²) in [5, 5.41) is 10.3. The fourth-order valence-corrected chi connectivity index (χ4v) is 5.28. The van der Waals surface area contributed by atoms with Crippen molar-refractivity contribution in [1.29, 1.82) is 0 Å². The topological polar surface area (TPSA) is 72.8 Å². The van der Waals surface area contributed by atoms with Crippen LogP contribution in [0.25, 0.3) is 0 Å². The molecular formula is C24H43FO5Si. The monoisotopic (exact) mass is 458 g/mol. The lowest BCUT2D eigenvalue weighted by Gasteiger charge is -2.39. The average Bonchev–Trinajstić information content (AvgIpc) is 3.06. The van der Waals surface area contributed by atoms with E-state index >= 15 is 0 Å². The molecule has 0 bridgehead atoms. The van der Waals surface area contributed by atoms with Gasteiger partial charge in [-0.1, -0.05) is 32.3 Å². The molecule has 2 aliphatic carbocycles. The van der Waals surface area contributed by atoms with Crippen LogP contribution in [-0.2, 0) is 18.8 Å². The molecule has 3 atom stereocenters. The van der Waals surface area contributed by atoms with E-state index in [1.54, 1.807) is 6.08 Å². The van der Waals surface area contributed by atoms with Gasteiger partial charge >= 0.3 is 5.97 Å². The summed E-state index contributed by atoms with van der Waals surface area (Å²) in [7, 11) is -0.0543. The number of methoxy groups -OCH3 is 1. The molecule has 1 fully saturated rings. The van der Waals surface area contributed by atoms with Gasteiger partial charge in [-0.2, -0.15) is 0 Å². The van der Waals surface area contributed by atoms with Crippen LogP contribution in [0.5, 0.6) is 0 Å². The number of hydrogen-bond donors (Lipinski definition) is 1. The van der Waals surface area contributed by atoms with E-state index in [1.165, 1.54) is 7.11 Å². The summed E-state index contributed by atoms with van der Waals surface area (Å²) in [6, 6.07) is 0. The third-order valence-electron chi connectivity index (χ3n) is 5.85. The predicted molar refractivity (Wildman–Crippen MR) is 124 cm³/mol. The maximum atomic E-state index is 13.0. The second-order valence-corrected chi connectivity index (χ2v) is 14.3. The lowest BCUT2D eigenvalue weighted by atomic mass is 9.70. The Balaban J connectivity index is 0.000000367. The van der Waals surface area contributed by atoms with Crippen LogP contribution in [0.4, 0.5) is 4.39 Å². The van der Waals surface area contributed by atoms with Crippen molar-refractivity contribution in [2.24, 2.45) is 11.8 Å². The molecule has 7 heteroatoms. The van der Waals surface area contributed by atoms with Crippen molar-refractivity contribution < 1.29 is 28.2 Å². The number of ether oxygens (including phenoxy) is 1. The van der Waals surface area contributed by atoms with E-state index in [1.807, 2.05) is 6.08 Å². The first-order chi connectivity index (χ1) is 14.6. The Hall–Kier alpha value is -1.05. The molecule has 2 aliphatic rings. The first-order valence-electron chi connectivity index (χ1n) is 11.8. The molecule has 0 aromatic heterocycles. The van der Waals surface area contributed by atoms with Gasteiger partial charge in [-0.3, -0.25) is 9.59 Å². The minimum absolute atomic E-state index is 0.0640. The van der Waals surface area contributed by atoms with Gasteiger partial charge in [0.15, 0.2) is 14.1 Å². The van der Waals surface area contributed by atoms with Gasteiger partial charge in [0.05, 0.1) is 19.3 Å². The number of aliphatic hydroxyl groups excluding tert-OH is 1. The van der Waals surface area contributed by atoms with E-state index in [9.17, 15) is 19.1 Å². The smallest absolute Gasteiger partial charge is 0.305 e. The van der Waals surface area contributed by atoms with Gasteiger partial charge in [0, 0.05) is 12.8 Å². The van der Waals surface area contributed by atoms with E-state index in [-0.39, 0.29) is 29.9 Å². The fraction of sp³-hybridized carbons (Fsp3) is 0.833. The Bertz CT molecular complexity index is 569. The molecule has 0 saturated heterocycles. The van der Waals surface area contributed by atoms with Crippen molar-refractivity contribution >= 4 is 20.1 Å². The summed E-state index contributed by atoms with van der Waals surface area (Å²) in [6.45, 7) is 8.50. The van der Waals surface area contributed by atoms with Gasteiger partial charge in [-0.05, 0) is 69.7 Å². The van der Waals surface area contributed by atoms with E-state index in [0.29, 0.717) is 31.6 Å². The highest BCUT2D eigenvalue weighted by atomic mass is 28.4. The van der Waals surface area contributed by atoms with E-state index in [4.69, 9.17) is 4.43 Å². The van der Waals surface area contributed by atoms with Crippen LogP contribution in [0.3, 0.4) is 0 Å². The number of halogens is 1. The molecule has 0 heterocycles. The van der Waals surface area contributed by atoms with Gasteiger partial charge < -0.3 is 14.3 Å². The molecule has 0 radical (unpaired) electrons. The number of carbonyl (C=O) groups excluding carboxylic acids is 2. The summed E-state index contributed by atoms with van der Waals surface area (Å²) >= 11 is 0. The van der Waals surface area contributed by atoms with E-state index in [2.05, 4.69) is 31.3 Å². The molecule has 180 valence electrons. The predicted octanol–water partition coefficient (Wildman–Crippen LogP) is 5.37. The lowest BCUT2D eigenvalue weighted by Crippen LogP contribution is -2.37. The number of ketones is 1.